The van der Waals surface area contributed by atoms with Gasteiger partial charge in [0.15, 0.2) is 0 Å². The van der Waals surface area contributed by atoms with E-state index in [0.29, 0.717) is 0 Å². The Labute approximate surface area is 94.5 Å². The van der Waals surface area contributed by atoms with E-state index in [2.05, 4.69) is 21.4 Å². The average molecular weight is 214 g/mol. The van der Waals surface area contributed by atoms with E-state index in [1.54, 1.807) is 0 Å². The Morgan fingerprint density at radius 2 is 2.00 bits per heavy atom. The zero-order chi connectivity index (χ0) is 11.5. The molecular weight excluding hydrogens is 200 g/mol. The summed E-state index contributed by atoms with van der Waals surface area (Å²) in [5, 5.41) is 2.96. The SMILES string of the molecule is CNc1cc(-c2cccc(C)c2)nc(N)n1. The summed E-state index contributed by atoms with van der Waals surface area (Å²) in [6.07, 6.45) is 0. The third-order valence-electron chi connectivity index (χ3n) is 2.31. The van der Waals surface area contributed by atoms with Gasteiger partial charge in [-0.05, 0) is 13.0 Å². The van der Waals surface area contributed by atoms with Crippen molar-refractivity contribution < 1.29 is 0 Å². The molecule has 0 fully saturated rings. The maximum atomic E-state index is 5.65. The highest BCUT2D eigenvalue weighted by Gasteiger charge is 2.03. The molecule has 0 saturated carbocycles. The summed E-state index contributed by atoms with van der Waals surface area (Å²) >= 11 is 0. The molecule has 4 nitrogen and oxygen atoms in total. The fourth-order valence-electron chi connectivity index (χ4n) is 1.55. The van der Waals surface area contributed by atoms with Crippen LogP contribution >= 0.6 is 0 Å². The molecule has 1 aromatic carbocycles. The van der Waals surface area contributed by atoms with Gasteiger partial charge >= 0.3 is 0 Å². The van der Waals surface area contributed by atoms with Crippen LogP contribution in [0.2, 0.25) is 0 Å². The van der Waals surface area contributed by atoms with Crippen LogP contribution in [0.25, 0.3) is 11.3 Å². The highest BCUT2D eigenvalue weighted by atomic mass is 15.1. The largest absolute Gasteiger partial charge is 0.373 e. The van der Waals surface area contributed by atoms with Gasteiger partial charge in [-0.15, -0.1) is 0 Å². The van der Waals surface area contributed by atoms with E-state index in [1.165, 1.54) is 5.56 Å². The summed E-state index contributed by atoms with van der Waals surface area (Å²) in [5.41, 5.74) is 8.72. The predicted molar refractivity (Wildman–Crippen MR) is 66.2 cm³/mol. The minimum absolute atomic E-state index is 0.281. The van der Waals surface area contributed by atoms with Crippen LogP contribution in [0, 0.1) is 6.92 Å². The molecule has 0 aliphatic heterocycles. The molecule has 0 saturated heterocycles. The molecule has 4 heteroatoms. The topological polar surface area (TPSA) is 63.8 Å². The number of nitrogen functional groups attached to an aromatic ring is 1. The monoisotopic (exact) mass is 214 g/mol. The standard InChI is InChI=1S/C12H14N4/c1-8-4-3-5-9(6-8)10-7-11(14-2)16-12(13)15-10/h3-7H,1-2H3,(H3,13,14,15,16). The van der Waals surface area contributed by atoms with Crippen molar-refractivity contribution in [2.24, 2.45) is 0 Å². The second kappa shape index (κ2) is 4.18. The van der Waals surface area contributed by atoms with Crippen LogP contribution in [-0.2, 0) is 0 Å². The van der Waals surface area contributed by atoms with Crippen LogP contribution in [0.3, 0.4) is 0 Å². The van der Waals surface area contributed by atoms with Gasteiger partial charge in [-0.2, -0.15) is 4.98 Å². The normalized spacial score (nSPS) is 10.1. The van der Waals surface area contributed by atoms with Gasteiger partial charge in [0.1, 0.15) is 5.82 Å². The first-order valence-electron chi connectivity index (χ1n) is 5.08. The van der Waals surface area contributed by atoms with Gasteiger partial charge in [0, 0.05) is 18.7 Å². The molecule has 0 bridgehead atoms. The minimum atomic E-state index is 0.281. The summed E-state index contributed by atoms with van der Waals surface area (Å²) in [4.78, 5) is 8.28. The van der Waals surface area contributed by atoms with Crippen molar-refractivity contribution in [2.45, 2.75) is 6.92 Å². The van der Waals surface area contributed by atoms with E-state index in [-0.39, 0.29) is 5.95 Å². The molecular formula is C12H14N4. The molecule has 0 aliphatic rings. The molecule has 0 amide bonds. The van der Waals surface area contributed by atoms with Crippen LogP contribution in [-0.4, -0.2) is 17.0 Å². The Morgan fingerprint density at radius 1 is 1.19 bits per heavy atom. The van der Waals surface area contributed by atoms with Gasteiger partial charge in [0.25, 0.3) is 0 Å². The van der Waals surface area contributed by atoms with Crippen molar-refractivity contribution in [2.75, 3.05) is 18.1 Å². The number of nitrogens with two attached hydrogens (primary N) is 1. The number of hydrogen-bond donors (Lipinski definition) is 2. The number of anilines is 2. The van der Waals surface area contributed by atoms with Crippen molar-refractivity contribution in [1.82, 2.24) is 9.97 Å². The maximum absolute atomic E-state index is 5.65. The van der Waals surface area contributed by atoms with Crippen LogP contribution in [0.15, 0.2) is 30.3 Å². The van der Waals surface area contributed by atoms with Crippen LogP contribution in [0.1, 0.15) is 5.56 Å². The number of nitrogens with one attached hydrogen (secondary N) is 1. The fraction of sp³-hybridized carbons (Fsp3) is 0.167. The number of aromatic nitrogens is 2. The van der Waals surface area contributed by atoms with Crippen LogP contribution in [0.5, 0.6) is 0 Å². The lowest BCUT2D eigenvalue weighted by Crippen LogP contribution is -2.01. The van der Waals surface area contributed by atoms with Crippen LogP contribution < -0.4 is 11.1 Å². The summed E-state index contributed by atoms with van der Waals surface area (Å²) in [6.45, 7) is 2.05. The van der Waals surface area contributed by atoms with Gasteiger partial charge in [0.2, 0.25) is 5.95 Å². The van der Waals surface area contributed by atoms with Crippen molar-refractivity contribution in [3.8, 4) is 11.3 Å². The molecule has 1 heterocycles. The number of nitrogens with zero attached hydrogens (tertiary/aromatic N) is 2. The van der Waals surface area contributed by atoms with E-state index >= 15 is 0 Å². The van der Waals surface area contributed by atoms with E-state index in [1.807, 2.05) is 38.2 Å². The molecule has 0 aliphatic carbocycles. The molecule has 2 rings (SSSR count). The Hall–Kier alpha value is -2.10. The lowest BCUT2D eigenvalue weighted by Gasteiger charge is -2.05. The van der Waals surface area contributed by atoms with E-state index in [4.69, 9.17) is 5.73 Å². The van der Waals surface area contributed by atoms with Crippen molar-refractivity contribution in [1.29, 1.82) is 0 Å². The first-order valence-corrected chi connectivity index (χ1v) is 5.08. The van der Waals surface area contributed by atoms with Crippen LogP contribution in [0.4, 0.5) is 11.8 Å². The number of aryl methyl sites for hydroxylation is 1. The Kier molecular flexibility index (Phi) is 2.72. The molecule has 2 aromatic rings. The molecule has 0 atom stereocenters. The molecule has 0 radical (unpaired) electrons. The molecule has 16 heavy (non-hydrogen) atoms. The van der Waals surface area contributed by atoms with Crippen molar-refractivity contribution in [3.63, 3.8) is 0 Å². The second-order valence-corrected chi connectivity index (χ2v) is 3.62. The summed E-state index contributed by atoms with van der Waals surface area (Å²) in [7, 11) is 1.81. The Bertz CT molecular complexity index is 508. The summed E-state index contributed by atoms with van der Waals surface area (Å²) in [6, 6.07) is 10.0. The molecule has 0 spiro atoms. The quantitative estimate of drug-likeness (QED) is 0.803. The van der Waals surface area contributed by atoms with E-state index < -0.39 is 0 Å². The third kappa shape index (κ3) is 2.11. The van der Waals surface area contributed by atoms with Gasteiger partial charge in [-0.25, -0.2) is 4.98 Å². The Morgan fingerprint density at radius 3 is 2.69 bits per heavy atom. The number of rotatable bonds is 2. The van der Waals surface area contributed by atoms with Gasteiger partial charge in [0.05, 0.1) is 5.69 Å². The lowest BCUT2D eigenvalue weighted by atomic mass is 10.1. The minimum Gasteiger partial charge on any atom is -0.373 e. The number of benzene rings is 1. The smallest absolute Gasteiger partial charge is 0.222 e. The summed E-state index contributed by atoms with van der Waals surface area (Å²) in [5.74, 6) is 1.01. The molecule has 3 N–H and O–H groups in total. The highest BCUT2D eigenvalue weighted by Crippen LogP contribution is 2.21. The average Bonchev–Trinajstić information content (AvgIpc) is 2.28. The number of hydrogen-bond acceptors (Lipinski definition) is 4. The van der Waals surface area contributed by atoms with Gasteiger partial charge in [-0.3, -0.25) is 0 Å². The summed E-state index contributed by atoms with van der Waals surface area (Å²) < 4.78 is 0. The molecule has 82 valence electrons. The lowest BCUT2D eigenvalue weighted by molar-refractivity contribution is 1.18. The van der Waals surface area contributed by atoms with Crippen molar-refractivity contribution >= 4 is 11.8 Å². The maximum Gasteiger partial charge on any atom is 0.222 e. The molecule has 1 aromatic heterocycles. The van der Waals surface area contributed by atoms with Gasteiger partial charge < -0.3 is 11.1 Å². The third-order valence-corrected chi connectivity index (χ3v) is 2.31. The van der Waals surface area contributed by atoms with E-state index in [9.17, 15) is 0 Å². The van der Waals surface area contributed by atoms with Gasteiger partial charge in [-0.1, -0.05) is 23.8 Å². The Balaban J connectivity index is 2.51. The molecule has 0 unspecified atom stereocenters. The van der Waals surface area contributed by atoms with E-state index in [0.717, 1.165) is 17.1 Å². The fourth-order valence-corrected chi connectivity index (χ4v) is 1.55. The predicted octanol–water partition coefficient (Wildman–Crippen LogP) is 2.08. The van der Waals surface area contributed by atoms with Crippen molar-refractivity contribution in [3.05, 3.63) is 35.9 Å². The zero-order valence-electron chi connectivity index (χ0n) is 9.36. The first-order chi connectivity index (χ1) is 7.69. The first kappa shape index (κ1) is 10.4. The highest BCUT2D eigenvalue weighted by molar-refractivity contribution is 5.64. The zero-order valence-corrected chi connectivity index (χ0v) is 9.36. The second-order valence-electron chi connectivity index (χ2n) is 3.62.